The summed E-state index contributed by atoms with van der Waals surface area (Å²) in [4.78, 5) is 14.4. The number of carbonyl (C=O) groups excluding carboxylic acids is 1. The molecule has 0 bridgehead atoms. The molecule has 5 heteroatoms. The van der Waals surface area contributed by atoms with Gasteiger partial charge < -0.3 is 5.32 Å². The molecule has 0 aromatic carbocycles. The maximum Gasteiger partial charge on any atom is 0.315 e. The third-order valence-electron chi connectivity index (χ3n) is 1.76. The number of rotatable bonds is 3. The highest BCUT2D eigenvalue weighted by molar-refractivity contribution is 5.79. The van der Waals surface area contributed by atoms with Gasteiger partial charge in [-0.25, -0.2) is 0 Å². The van der Waals surface area contributed by atoms with Crippen LogP contribution in [0.4, 0.5) is 8.78 Å². The topological polar surface area (TPSA) is 42.0 Å². The molecule has 1 amide bonds. The first-order valence-electron chi connectivity index (χ1n) is 4.09. The zero-order valence-corrected chi connectivity index (χ0v) is 7.58. The Morgan fingerprint density at radius 2 is 2.00 bits per heavy atom. The molecule has 3 nitrogen and oxygen atoms in total. The largest absolute Gasteiger partial charge is 0.345 e. The minimum atomic E-state index is -2.97. The monoisotopic (exact) mass is 200 g/mol. The van der Waals surface area contributed by atoms with Gasteiger partial charge in [0.1, 0.15) is 0 Å². The zero-order valence-electron chi connectivity index (χ0n) is 7.58. The lowest BCUT2D eigenvalue weighted by atomic mass is 10.1. The van der Waals surface area contributed by atoms with E-state index < -0.39 is 18.4 Å². The molecule has 76 valence electrons. The van der Waals surface area contributed by atoms with Gasteiger partial charge in [0.25, 0.3) is 5.91 Å². The van der Waals surface area contributed by atoms with Crippen molar-refractivity contribution in [1.82, 2.24) is 10.3 Å². The predicted molar refractivity (Wildman–Crippen MR) is 46.8 cm³/mol. The van der Waals surface area contributed by atoms with E-state index in [4.69, 9.17) is 0 Å². The average Bonchev–Trinajstić information content (AvgIpc) is 2.19. The van der Waals surface area contributed by atoms with Gasteiger partial charge in [0, 0.05) is 12.4 Å². The molecular weight excluding hydrogens is 190 g/mol. The van der Waals surface area contributed by atoms with Crippen LogP contribution in [0.5, 0.6) is 0 Å². The summed E-state index contributed by atoms with van der Waals surface area (Å²) in [5.41, 5.74) is 0.744. The van der Waals surface area contributed by atoms with Crippen molar-refractivity contribution in [2.24, 2.45) is 0 Å². The summed E-state index contributed by atoms with van der Waals surface area (Å²) in [6.07, 6.45) is 0.111. The maximum absolute atomic E-state index is 11.9. The zero-order chi connectivity index (χ0) is 10.6. The number of hydrogen-bond donors (Lipinski definition) is 1. The Hall–Kier alpha value is -1.52. The second-order valence-corrected chi connectivity index (χ2v) is 2.81. The Kier molecular flexibility index (Phi) is 3.50. The van der Waals surface area contributed by atoms with Crippen molar-refractivity contribution in [1.29, 1.82) is 0 Å². The molecular formula is C9H10F2N2O. The number of alkyl halides is 2. The molecule has 1 aromatic heterocycles. The first kappa shape index (κ1) is 10.6. The highest BCUT2D eigenvalue weighted by atomic mass is 19.3. The van der Waals surface area contributed by atoms with Crippen LogP contribution in [0, 0.1) is 0 Å². The second-order valence-electron chi connectivity index (χ2n) is 2.81. The van der Waals surface area contributed by atoms with E-state index in [1.807, 2.05) is 0 Å². The average molecular weight is 200 g/mol. The van der Waals surface area contributed by atoms with Gasteiger partial charge in [-0.05, 0) is 24.6 Å². The van der Waals surface area contributed by atoms with E-state index in [-0.39, 0.29) is 0 Å². The van der Waals surface area contributed by atoms with Gasteiger partial charge in [-0.1, -0.05) is 0 Å². The molecule has 0 fully saturated rings. The van der Waals surface area contributed by atoms with Gasteiger partial charge in [-0.3, -0.25) is 9.78 Å². The lowest BCUT2D eigenvalue weighted by Gasteiger charge is -2.13. The molecule has 0 aliphatic carbocycles. The van der Waals surface area contributed by atoms with E-state index in [2.05, 4.69) is 10.3 Å². The number of pyridine rings is 1. The van der Waals surface area contributed by atoms with Gasteiger partial charge in [-0.2, -0.15) is 8.78 Å². The summed E-state index contributed by atoms with van der Waals surface area (Å²) in [5, 5.41) is 2.18. The number of halogens is 2. The van der Waals surface area contributed by atoms with Gasteiger partial charge in [0.2, 0.25) is 0 Å². The Balaban J connectivity index is 2.59. The van der Waals surface area contributed by atoms with E-state index in [0.717, 1.165) is 5.56 Å². The van der Waals surface area contributed by atoms with Gasteiger partial charge in [-0.15, -0.1) is 0 Å². The molecule has 1 aromatic rings. The van der Waals surface area contributed by atoms with Crippen molar-refractivity contribution in [3.8, 4) is 0 Å². The fourth-order valence-corrected chi connectivity index (χ4v) is 1.01. The van der Waals surface area contributed by atoms with Crippen LogP contribution in [-0.2, 0) is 4.79 Å². The minimum absolute atomic E-state index is 0.431. The number of aromatic nitrogens is 1. The molecule has 0 saturated heterocycles. The molecule has 0 unspecified atom stereocenters. The van der Waals surface area contributed by atoms with E-state index in [1.165, 1.54) is 0 Å². The van der Waals surface area contributed by atoms with Crippen LogP contribution in [-0.4, -0.2) is 17.3 Å². The Morgan fingerprint density at radius 1 is 1.43 bits per heavy atom. The van der Waals surface area contributed by atoms with Crippen LogP contribution in [0.3, 0.4) is 0 Å². The lowest BCUT2D eigenvalue weighted by molar-refractivity contribution is -0.132. The van der Waals surface area contributed by atoms with Gasteiger partial charge >= 0.3 is 6.43 Å². The smallest absolute Gasteiger partial charge is 0.315 e. The summed E-state index contributed by atoms with van der Waals surface area (Å²) in [7, 11) is 0. The number of carbonyl (C=O) groups is 1. The first-order chi connectivity index (χ1) is 6.61. The van der Waals surface area contributed by atoms with Crippen LogP contribution >= 0.6 is 0 Å². The number of nitrogens with one attached hydrogen (secondary N) is 1. The molecule has 1 rings (SSSR count). The third kappa shape index (κ3) is 2.76. The van der Waals surface area contributed by atoms with Crippen LogP contribution in [0.2, 0.25) is 0 Å². The third-order valence-corrected chi connectivity index (χ3v) is 1.76. The summed E-state index contributed by atoms with van der Waals surface area (Å²) in [6, 6.07) is 2.90. The van der Waals surface area contributed by atoms with E-state index in [0.29, 0.717) is 0 Å². The van der Waals surface area contributed by atoms with Crippen molar-refractivity contribution >= 4 is 5.91 Å². The molecule has 0 aliphatic rings. The highest BCUT2D eigenvalue weighted by Crippen LogP contribution is 2.10. The molecule has 1 atom stereocenters. The van der Waals surface area contributed by atoms with Crippen LogP contribution in [0.15, 0.2) is 24.5 Å². The predicted octanol–water partition coefficient (Wildman–Crippen LogP) is 1.52. The molecule has 0 aliphatic heterocycles. The minimum Gasteiger partial charge on any atom is -0.345 e. The normalized spacial score (nSPS) is 12.6. The van der Waals surface area contributed by atoms with Crippen molar-refractivity contribution in [2.75, 3.05) is 0 Å². The Labute approximate surface area is 80.2 Å². The second kappa shape index (κ2) is 4.64. The van der Waals surface area contributed by atoms with Crippen molar-refractivity contribution in [3.05, 3.63) is 30.1 Å². The van der Waals surface area contributed by atoms with Crippen molar-refractivity contribution in [3.63, 3.8) is 0 Å². The van der Waals surface area contributed by atoms with Crippen molar-refractivity contribution in [2.45, 2.75) is 19.4 Å². The SMILES string of the molecule is C[C@H](NC(=O)C(F)F)c1ccncc1. The first-order valence-corrected chi connectivity index (χ1v) is 4.09. The molecule has 0 spiro atoms. The number of hydrogen-bond acceptors (Lipinski definition) is 2. The van der Waals surface area contributed by atoms with Crippen LogP contribution < -0.4 is 5.32 Å². The molecule has 0 radical (unpaired) electrons. The lowest BCUT2D eigenvalue weighted by Crippen LogP contribution is -2.31. The van der Waals surface area contributed by atoms with Gasteiger partial charge in [0.15, 0.2) is 0 Å². The van der Waals surface area contributed by atoms with Gasteiger partial charge in [0.05, 0.1) is 6.04 Å². The van der Waals surface area contributed by atoms with E-state index in [9.17, 15) is 13.6 Å². The Morgan fingerprint density at radius 3 is 2.50 bits per heavy atom. The molecule has 1 heterocycles. The summed E-state index contributed by atoms with van der Waals surface area (Å²) in [6.45, 7) is 1.63. The quantitative estimate of drug-likeness (QED) is 0.803. The molecule has 0 saturated carbocycles. The van der Waals surface area contributed by atoms with Crippen LogP contribution in [0.1, 0.15) is 18.5 Å². The summed E-state index contributed by atoms with van der Waals surface area (Å²) >= 11 is 0. The molecule has 1 N–H and O–H groups in total. The fourth-order valence-electron chi connectivity index (χ4n) is 1.01. The molecule has 14 heavy (non-hydrogen) atoms. The summed E-state index contributed by atoms with van der Waals surface area (Å²) in [5.74, 6) is -1.26. The highest BCUT2D eigenvalue weighted by Gasteiger charge is 2.17. The number of nitrogens with zero attached hydrogens (tertiary/aromatic N) is 1. The van der Waals surface area contributed by atoms with Crippen LogP contribution in [0.25, 0.3) is 0 Å². The number of amides is 1. The van der Waals surface area contributed by atoms with E-state index >= 15 is 0 Å². The summed E-state index contributed by atoms with van der Waals surface area (Å²) < 4.78 is 23.8. The van der Waals surface area contributed by atoms with E-state index in [1.54, 1.807) is 31.5 Å². The van der Waals surface area contributed by atoms with Crippen molar-refractivity contribution < 1.29 is 13.6 Å². The standard InChI is InChI=1S/C9H10F2N2O/c1-6(13-9(14)8(10)11)7-2-4-12-5-3-7/h2-6,8H,1H3,(H,13,14)/t6-/m0/s1. The Bertz CT molecular complexity index is 303. The maximum atomic E-state index is 11.9. The fraction of sp³-hybridized carbons (Fsp3) is 0.333.